The smallest absolute Gasteiger partial charge is 0.367 e. The number of thioether (sulfide) groups is 1. The number of aryl methyl sites for hydroxylation is 1. The number of rotatable bonds is 4. The van der Waals surface area contributed by atoms with E-state index in [2.05, 4.69) is 9.89 Å². The molecule has 6 nitrogen and oxygen atoms in total. The van der Waals surface area contributed by atoms with Gasteiger partial charge in [0.05, 0.1) is 7.11 Å². The molecule has 0 amide bonds. The van der Waals surface area contributed by atoms with Crippen molar-refractivity contribution >= 4 is 43.7 Å². The fourth-order valence-corrected chi connectivity index (χ4v) is 4.18. The van der Waals surface area contributed by atoms with Crippen LogP contribution in [0, 0.1) is 6.92 Å². The Hall–Kier alpha value is -2.84. The molecule has 0 aliphatic rings. The zero-order chi connectivity index (χ0) is 20.1. The summed E-state index contributed by atoms with van der Waals surface area (Å²) in [5.74, 6) is -0.793. The van der Waals surface area contributed by atoms with Gasteiger partial charge in [-0.15, -0.1) is 0 Å². The topological polar surface area (TPSA) is 82.0 Å². The molecule has 0 bridgehead atoms. The Morgan fingerprint density at radius 1 is 0.964 bits per heavy atom. The second kappa shape index (κ2) is 8.45. The number of ether oxygens (including phenoxy) is 1. The molecule has 28 heavy (non-hydrogen) atoms. The standard InChI is InChI=1S/C20H17NO5S2/c1-14-10-12-16(13-11-14)27-19(20(22)25-2)21-26-28(23,24)18-9-5-7-15-6-3-4-8-17(15)18/h3-13H,1-2H3. The van der Waals surface area contributed by atoms with Crippen LogP contribution in [0.4, 0.5) is 0 Å². The van der Waals surface area contributed by atoms with Crippen LogP contribution in [0.2, 0.25) is 0 Å². The van der Waals surface area contributed by atoms with Crippen molar-refractivity contribution in [3.63, 3.8) is 0 Å². The minimum Gasteiger partial charge on any atom is -0.464 e. The average Bonchev–Trinajstić information content (AvgIpc) is 2.71. The van der Waals surface area contributed by atoms with Gasteiger partial charge in [0.1, 0.15) is 4.90 Å². The fraction of sp³-hybridized carbons (Fsp3) is 0.100. The number of carbonyl (C=O) groups is 1. The summed E-state index contributed by atoms with van der Waals surface area (Å²) < 4.78 is 34.9. The van der Waals surface area contributed by atoms with Gasteiger partial charge in [-0.2, -0.15) is 8.42 Å². The molecule has 3 aromatic rings. The number of esters is 1. The van der Waals surface area contributed by atoms with Crippen LogP contribution >= 0.6 is 11.8 Å². The van der Waals surface area contributed by atoms with Crippen molar-refractivity contribution in [3.05, 3.63) is 72.3 Å². The van der Waals surface area contributed by atoms with Crippen molar-refractivity contribution in [2.75, 3.05) is 7.11 Å². The molecule has 0 N–H and O–H groups in total. The zero-order valence-electron chi connectivity index (χ0n) is 15.2. The van der Waals surface area contributed by atoms with Crippen molar-refractivity contribution in [1.82, 2.24) is 0 Å². The lowest BCUT2D eigenvalue weighted by Crippen LogP contribution is -2.14. The van der Waals surface area contributed by atoms with Crippen molar-refractivity contribution in [3.8, 4) is 0 Å². The van der Waals surface area contributed by atoms with Crippen LogP contribution in [0.25, 0.3) is 10.8 Å². The van der Waals surface area contributed by atoms with Crippen LogP contribution in [-0.4, -0.2) is 26.5 Å². The van der Waals surface area contributed by atoms with Gasteiger partial charge in [0.2, 0.25) is 5.04 Å². The molecule has 0 unspecified atom stereocenters. The molecule has 0 aromatic heterocycles. The highest BCUT2D eigenvalue weighted by Gasteiger charge is 2.22. The summed E-state index contributed by atoms with van der Waals surface area (Å²) in [7, 11) is -3.04. The molecule has 0 aliphatic heterocycles. The lowest BCUT2D eigenvalue weighted by Gasteiger charge is -2.07. The molecule has 0 heterocycles. The number of carbonyl (C=O) groups excluding carboxylic acids is 1. The van der Waals surface area contributed by atoms with E-state index < -0.39 is 16.1 Å². The normalized spacial score (nSPS) is 12.0. The molecule has 144 valence electrons. The van der Waals surface area contributed by atoms with E-state index in [1.54, 1.807) is 42.5 Å². The molecule has 0 aliphatic carbocycles. The molecule has 0 atom stereocenters. The molecule has 3 aromatic carbocycles. The Labute approximate surface area is 167 Å². The first kappa shape index (κ1) is 19.9. The summed E-state index contributed by atoms with van der Waals surface area (Å²) in [5.41, 5.74) is 1.05. The third-order valence-corrected chi connectivity index (χ3v) is 5.94. The Morgan fingerprint density at radius 3 is 2.36 bits per heavy atom. The maximum absolute atomic E-state index is 12.7. The van der Waals surface area contributed by atoms with Crippen LogP contribution < -0.4 is 0 Å². The van der Waals surface area contributed by atoms with Gasteiger partial charge >= 0.3 is 16.1 Å². The van der Waals surface area contributed by atoms with Crippen LogP contribution in [-0.2, 0) is 23.9 Å². The Bertz CT molecular complexity index is 1130. The van der Waals surface area contributed by atoms with Gasteiger partial charge in [-0.05, 0) is 30.5 Å². The van der Waals surface area contributed by atoms with Gasteiger partial charge in [0.25, 0.3) is 0 Å². The first-order chi connectivity index (χ1) is 13.4. The third-order valence-electron chi connectivity index (χ3n) is 3.83. The van der Waals surface area contributed by atoms with Crippen molar-refractivity contribution in [2.45, 2.75) is 16.7 Å². The summed E-state index contributed by atoms with van der Waals surface area (Å²) in [4.78, 5) is 12.7. The predicted molar refractivity (Wildman–Crippen MR) is 109 cm³/mol. The molecular weight excluding hydrogens is 398 g/mol. The quantitative estimate of drug-likeness (QED) is 0.209. The maximum Gasteiger partial charge on any atom is 0.367 e. The SMILES string of the molecule is COC(=O)C(=NOS(=O)(=O)c1cccc2ccccc12)Sc1ccc(C)cc1. The van der Waals surface area contributed by atoms with Gasteiger partial charge in [0, 0.05) is 10.3 Å². The Morgan fingerprint density at radius 2 is 1.64 bits per heavy atom. The minimum atomic E-state index is -4.23. The van der Waals surface area contributed by atoms with Gasteiger partial charge in [0.15, 0.2) is 0 Å². The lowest BCUT2D eigenvalue weighted by atomic mass is 10.1. The van der Waals surface area contributed by atoms with Gasteiger partial charge < -0.3 is 4.74 Å². The van der Waals surface area contributed by atoms with Crippen LogP contribution in [0.15, 0.2) is 81.7 Å². The fourth-order valence-electron chi connectivity index (χ4n) is 2.44. The second-order valence-electron chi connectivity index (χ2n) is 5.81. The summed E-state index contributed by atoms with van der Waals surface area (Å²) in [6.45, 7) is 1.93. The number of benzene rings is 3. The number of methoxy groups -OCH3 is 1. The number of nitrogens with zero attached hydrogens (tertiary/aromatic N) is 1. The number of oxime groups is 1. The zero-order valence-corrected chi connectivity index (χ0v) is 16.8. The van der Waals surface area contributed by atoms with E-state index >= 15 is 0 Å². The predicted octanol–water partition coefficient (Wildman–Crippen LogP) is 4.13. The summed E-state index contributed by atoms with van der Waals surface area (Å²) in [5, 5.41) is 4.61. The van der Waals surface area contributed by atoms with E-state index in [0.717, 1.165) is 22.7 Å². The van der Waals surface area contributed by atoms with Crippen LogP contribution in [0.1, 0.15) is 5.56 Å². The monoisotopic (exact) mass is 415 g/mol. The highest BCUT2D eigenvalue weighted by Crippen LogP contribution is 2.26. The number of hydrogen-bond donors (Lipinski definition) is 0. The van der Waals surface area contributed by atoms with Crippen LogP contribution in [0.5, 0.6) is 0 Å². The summed E-state index contributed by atoms with van der Waals surface area (Å²) >= 11 is 0.956. The molecular formula is C20H17NO5S2. The van der Waals surface area contributed by atoms with E-state index in [1.165, 1.54) is 13.2 Å². The van der Waals surface area contributed by atoms with E-state index in [-0.39, 0.29) is 9.94 Å². The molecule has 0 spiro atoms. The van der Waals surface area contributed by atoms with Gasteiger partial charge in [-0.1, -0.05) is 71.0 Å². The third kappa shape index (κ3) is 4.52. The van der Waals surface area contributed by atoms with E-state index in [0.29, 0.717) is 10.3 Å². The molecule has 0 fully saturated rings. The molecule has 0 radical (unpaired) electrons. The minimum absolute atomic E-state index is 0.0288. The van der Waals surface area contributed by atoms with Crippen molar-refractivity contribution < 1.29 is 22.2 Å². The highest BCUT2D eigenvalue weighted by molar-refractivity contribution is 8.15. The number of hydrogen-bond acceptors (Lipinski definition) is 7. The molecule has 8 heteroatoms. The highest BCUT2D eigenvalue weighted by atomic mass is 32.2. The molecule has 0 saturated heterocycles. The van der Waals surface area contributed by atoms with E-state index in [4.69, 9.17) is 4.28 Å². The summed E-state index contributed by atoms with van der Waals surface area (Å²) in [6.07, 6.45) is 0. The van der Waals surface area contributed by atoms with Gasteiger partial charge in [-0.3, -0.25) is 4.28 Å². The molecule has 0 saturated carbocycles. The van der Waals surface area contributed by atoms with Crippen molar-refractivity contribution in [2.24, 2.45) is 5.16 Å². The maximum atomic E-state index is 12.7. The first-order valence-corrected chi connectivity index (χ1v) is 10.5. The second-order valence-corrected chi connectivity index (χ2v) is 8.37. The van der Waals surface area contributed by atoms with E-state index in [1.807, 2.05) is 25.1 Å². The first-order valence-electron chi connectivity index (χ1n) is 8.23. The molecule has 3 rings (SSSR count). The average molecular weight is 415 g/mol. The lowest BCUT2D eigenvalue weighted by molar-refractivity contribution is -0.132. The summed E-state index contributed by atoms with van der Waals surface area (Å²) in [6, 6.07) is 19.2. The largest absolute Gasteiger partial charge is 0.464 e. The Kier molecular flexibility index (Phi) is 6.01. The van der Waals surface area contributed by atoms with Gasteiger partial charge in [-0.25, -0.2) is 4.79 Å². The van der Waals surface area contributed by atoms with E-state index in [9.17, 15) is 13.2 Å². The van der Waals surface area contributed by atoms with Crippen LogP contribution in [0.3, 0.4) is 0 Å². The number of fused-ring (bicyclic) bond motifs is 1. The van der Waals surface area contributed by atoms with Crippen molar-refractivity contribution in [1.29, 1.82) is 0 Å². The Balaban J connectivity index is 1.92.